The molecule has 0 spiro atoms. The number of carbonyl (C=O) groups excluding carboxylic acids is 1. The third-order valence-corrected chi connectivity index (χ3v) is 2.98. The fourth-order valence-electron chi connectivity index (χ4n) is 1.89. The van der Waals surface area contributed by atoms with E-state index in [0.29, 0.717) is 12.8 Å². The number of likely N-dealkylation sites (N-methyl/N-ethyl adjacent to an activating group) is 1. The number of hydrogen-bond acceptors (Lipinski definition) is 3. The number of nitrogens with zero attached hydrogens (tertiary/aromatic N) is 1. The molecule has 1 aromatic carbocycles. The first-order valence-corrected chi connectivity index (χ1v) is 6.93. The maximum absolute atomic E-state index is 12.0. The largest absolute Gasteiger partial charge is 0.480 e. The van der Waals surface area contributed by atoms with Gasteiger partial charge in [0.1, 0.15) is 11.6 Å². The van der Waals surface area contributed by atoms with Crippen molar-refractivity contribution >= 4 is 12.1 Å². The molecular formula is C16H23NO4. The highest BCUT2D eigenvalue weighted by molar-refractivity contribution is 5.80. The smallest absolute Gasteiger partial charge is 0.410 e. The highest BCUT2D eigenvalue weighted by atomic mass is 16.6. The molecule has 116 valence electrons. The fraction of sp³-hybridized carbons (Fsp3) is 0.500. The van der Waals surface area contributed by atoms with E-state index < -0.39 is 23.7 Å². The molecule has 0 heterocycles. The van der Waals surface area contributed by atoms with Gasteiger partial charge < -0.3 is 9.84 Å². The van der Waals surface area contributed by atoms with Crippen LogP contribution in [0.3, 0.4) is 0 Å². The lowest BCUT2D eigenvalue weighted by Gasteiger charge is -2.28. The van der Waals surface area contributed by atoms with E-state index in [9.17, 15) is 14.7 Å². The lowest BCUT2D eigenvalue weighted by atomic mass is 10.0. The second kappa shape index (κ2) is 7.11. The topological polar surface area (TPSA) is 66.8 Å². The van der Waals surface area contributed by atoms with Crippen LogP contribution >= 0.6 is 0 Å². The molecule has 0 saturated heterocycles. The molecule has 0 saturated carbocycles. The Balaban J connectivity index is 2.68. The van der Waals surface area contributed by atoms with Crippen LogP contribution < -0.4 is 0 Å². The van der Waals surface area contributed by atoms with Gasteiger partial charge in [-0.15, -0.1) is 0 Å². The van der Waals surface area contributed by atoms with Gasteiger partial charge in [0.15, 0.2) is 0 Å². The Kier molecular flexibility index (Phi) is 5.76. The lowest BCUT2D eigenvalue weighted by molar-refractivity contribution is -0.142. The minimum absolute atomic E-state index is 0.342. The molecule has 1 unspecified atom stereocenters. The van der Waals surface area contributed by atoms with Gasteiger partial charge in [-0.2, -0.15) is 0 Å². The van der Waals surface area contributed by atoms with Crippen molar-refractivity contribution in [1.82, 2.24) is 4.90 Å². The summed E-state index contributed by atoms with van der Waals surface area (Å²) in [5.41, 5.74) is 0.398. The summed E-state index contributed by atoms with van der Waals surface area (Å²) in [5.74, 6) is -1.03. The molecule has 1 rings (SSSR count). The van der Waals surface area contributed by atoms with Crippen LogP contribution in [0.15, 0.2) is 30.3 Å². The number of carboxylic acids is 1. The highest BCUT2D eigenvalue weighted by Crippen LogP contribution is 2.14. The summed E-state index contributed by atoms with van der Waals surface area (Å²) in [5, 5.41) is 9.32. The van der Waals surface area contributed by atoms with Crippen LogP contribution in [0.25, 0.3) is 0 Å². The number of hydrogen-bond donors (Lipinski definition) is 1. The zero-order valence-corrected chi connectivity index (χ0v) is 13.0. The molecule has 1 aromatic rings. The molecule has 1 atom stereocenters. The van der Waals surface area contributed by atoms with Crippen LogP contribution in [0.5, 0.6) is 0 Å². The van der Waals surface area contributed by atoms with Gasteiger partial charge in [-0.25, -0.2) is 9.59 Å². The Morgan fingerprint density at radius 1 is 1.24 bits per heavy atom. The SMILES string of the molecule is CN(C(=O)OC(C)(C)C)C(CCc1ccccc1)C(=O)O. The van der Waals surface area contributed by atoms with Crippen molar-refractivity contribution in [3.05, 3.63) is 35.9 Å². The lowest BCUT2D eigenvalue weighted by Crippen LogP contribution is -2.45. The Morgan fingerprint density at radius 2 is 1.81 bits per heavy atom. The molecule has 0 aliphatic rings. The first-order chi connectivity index (χ1) is 9.70. The van der Waals surface area contributed by atoms with Gasteiger partial charge >= 0.3 is 12.1 Å². The van der Waals surface area contributed by atoms with Crippen LogP contribution in [-0.2, 0) is 16.0 Å². The van der Waals surface area contributed by atoms with Crippen molar-refractivity contribution in [2.75, 3.05) is 7.05 Å². The van der Waals surface area contributed by atoms with Gasteiger partial charge in [-0.05, 0) is 39.2 Å². The number of ether oxygens (including phenoxy) is 1. The van der Waals surface area contributed by atoms with E-state index in [-0.39, 0.29) is 0 Å². The average Bonchev–Trinajstić information content (AvgIpc) is 2.37. The van der Waals surface area contributed by atoms with E-state index in [1.54, 1.807) is 20.8 Å². The third kappa shape index (κ3) is 5.85. The zero-order valence-electron chi connectivity index (χ0n) is 13.0. The van der Waals surface area contributed by atoms with E-state index in [1.807, 2.05) is 30.3 Å². The maximum atomic E-state index is 12.0. The first kappa shape index (κ1) is 17.0. The number of aliphatic carboxylic acids is 1. The van der Waals surface area contributed by atoms with Gasteiger partial charge in [-0.3, -0.25) is 4.90 Å². The van der Waals surface area contributed by atoms with E-state index in [1.165, 1.54) is 7.05 Å². The Morgan fingerprint density at radius 3 is 2.29 bits per heavy atom. The van der Waals surface area contributed by atoms with Gasteiger partial charge in [0.05, 0.1) is 0 Å². The number of amides is 1. The zero-order chi connectivity index (χ0) is 16.0. The summed E-state index contributed by atoms with van der Waals surface area (Å²) in [6, 6.07) is 8.69. The monoisotopic (exact) mass is 293 g/mol. The molecular weight excluding hydrogens is 270 g/mol. The van der Waals surface area contributed by atoms with Crippen molar-refractivity contribution in [1.29, 1.82) is 0 Å². The molecule has 1 amide bonds. The summed E-state index contributed by atoms with van der Waals surface area (Å²) in [6.45, 7) is 5.25. The maximum Gasteiger partial charge on any atom is 0.410 e. The normalized spacial score (nSPS) is 12.6. The molecule has 5 nitrogen and oxygen atoms in total. The molecule has 0 aliphatic heterocycles. The minimum Gasteiger partial charge on any atom is -0.480 e. The molecule has 21 heavy (non-hydrogen) atoms. The van der Waals surface area contributed by atoms with Gasteiger partial charge in [0.25, 0.3) is 0 Å². The van der Waals surface area contributed by atoms with Crippen molar-refractivity contribution in [3.8, 4) is 0 Å². The standard InChI is InChI=1S/C16H23NO4/c1-16(2,3)21-15(20)17(4)13(14(18)19)11-10-12-8-6-5-7-9-12/h5-9,13H,10-11H2,1-4H3,(H,18,19). The van der Waals surface area contributed by atoms with Crippen LogP contribution in [0, 0.1) is 0 Å². The van der Waals surface area contributed by atoms with E-state index in [2.05, 4.69) is 0 Å². The highest BCUT2D eigenvalue weighted by Gasteiger charge is 2.29. The van der Waals surface area contributed by atoms with E-state index in [0.717, 1.165) is 10.5 Å². The van der Waals surface area contributed by atoms with Crippen LogP contribution in [0.2, 0.25) is 0 Å². The summed E-state index contributed by atoms with van der Waals surface area (Å²) in [6.07, 6.45) is 0.308. The number of carboxylic acid groups (broad SMARTS) is 1. The van der Waals surface area contributed by atoms with E-state index in [4.69, 9.17) is 4.74 Å². The van der Waals surface area contributed by atoms with E-state index >= 15 is 0 Å². The van der Waals surface area contributed by atoms with Crippen molar-refractivity contribution in [3.63, 3.8) is 0 Å². The molecule has 5 heteroatoms. The Labute approximate surface area is 125 Å². The average molecular weight is 293 g/mol. The van der Waals surface area contributed by atoms with Gasteiger partial charge in [-0.1, -0.05) is 30.3 Å². The summed E-state index contributed by atoms with van der Waals surface area (Å²) in [7, 11) is 1.46. The quantitative estimate of drug-likeness (QED) is 0.906. The molecule has 1 N–H and O–H groups in total. The summed E-state index contributed by atoms with van der Waals surface area (Å²) < 4.78 is 5.21. The predicted octanol–water partition coefficient (Wildman–Crippen LogP) is 2.94. The molecule has 0 aliphatic carbocycles. The fourth-order valence-corrected chi connectivity index (χ4v) is 1.89. The number of carbonyl (C=O) groups is 2. The first-order valence-electron chi connectivity index (χ1n) is 6.93. The number of rotatable bonds is 5. The number of benzene rings is 1. The third-order valence-electron chi connectivity index (χ3n) is 2.98. The summed E-state index contributed by atoms with van der Waals surface area (Å²) >= 11 is 0. The second-order valence-electron chi connectivity index (χ2n) is 5.97. The van der Waals surface area contributed by atoms with Crippen molar-refractivity contribution < 1.29 is 19.4 Å². The molecule has 0 bridgehead atoms. The molecule has 0 fully saturated rings. The van der Waals surface area contributed by atoms with Gasteiger partial charge in [0.2, 0.25) is 0 Å². The number of aryl methyl sites for hydroxylation is 1. The van der Waals surface area contributed by atoms with Gasteiger partial charge in [0, 0.05) is 7.05 Å². The van der Waals surface area contributed by atoms with Crippen LogP contribution in [0.4, 0.5) is 4.79 Å². The molecule has 0 aromatic heterocycles. The Bertz CT molecular complexity index is 479. The second-order valence-corrected chi connectivity index (χ2v) is 5.97. The van der Waals surface area contributed by atoms with Crippen LogP contribution in [-0.4, -0.2) is 40.8 Å². The van der Waals surface area contributed by atoms with Crippen molar-refractivity contribution in [2.45, 2.75) is 45.3 Å². The summed E-state index contributed by atoms with van der Waals surface area (Å²) in [4.78, 5) is 24.5. The Hall–Kier alpha value is -2.04. The van der Waals surface area contributed by atoms with Crippen LogP contribution in [0.1, 0.15) is 32.8 Å². The predicted molar refractivity (Wildman–Crippen MR) is 80.2 cm³/mol. The van der Waals surface area contributed by atoms with Crippen molar-refractivity contribution in [2.24, 2.45) is 0 Å². The molecule has 0 radical (unpaired) electrons. The minimum atomic E-state index is -1.03.